The number of hydrogen-bond acceptors (Lipinski definition) is 5. The number of rotatable bonds is 2. The van der Waals surface area contributed by atoms with Crippen LogP contribution in [0.4, 0.5) is 0 Å². The molecular formula is C19H18N2O3Si. The van der Waals surface area contributed by atoms with Crippen LogP contribution in [0.5, 0.6) is 5.75 Å². The Morgan fingerprint density at radius 2 is 1.84 bits per heavy atom. The summed E-state index contributed by atoms with van der Waals surface area (Å²) in [5, 5.41) is 0.373. The third-order valence-corrected chi connectivity index (χ3v) is 4.32. The average Bonchev–Trinajstić information content (AvgIpc) is 2.59. The van der Waals surface area contributed by atoms with E-state index in [4.69, 9.17) is 9.15 Å². The van der Waals surface area contributed by atoms with Crippen LogP contribution in [-0.4, -0.2) is 25.2 Å². The lowest BCUT2D eigenvalue weighted by atomic mass is 10.2. The number of ether oxygens (including phenoxy) is 1. The molecule has 0 atom stereocenters. The van der Waals surface area contributed by atoms with Crippen LogP contribution >= 0.6 is 0 Å². The molecule has 0 bridgehead atoms. The van der Waals surface area contributed by atoms with Crippen LogP contribution < -0.4 is 10.3 Å². The van der Waals surface area contributed by atoms with Gasteiger partial charge in [0.05, 0.1) is 18.9 Å². The normalized spacial score (nSPS) is 11.0. The summed E-state index contributed by atoms with van der Waals surface area (Å²) in [4.78, 5) is 20.8. The number of methoxy groups -OCH3 is 1. The van der Waals surface area contributed by atoms with E-state index in [-0.39, 0.29) is 11.4 Å². The smallest absolute Gasteiger partial charge is 0.285 e. The Bertz CT molecular complexity index is 1040. The van der Waals surface area contributed by atoms with E-state index in [1.54, 1.807) is 37.6 Å². The quantitative estimate of drug-likeness (QED) is 0.523. The van der Waals surface area contributed by atoms with Crippen LogP contribution in [0.3, 0.4) is 0 Å². The van der Waals surface area contributed by atoms with Gasteiger partial charge in [-0.25, -0.2) is 0 Å². The third-order valence-electron chi connectivity index (χ3n) is 3.44. The molecule has 5 nitrogen and oxygen atoms in total. The first-order valence-electron chi connectivity index (χ1n) is 7.84. The molecule has 1 aromatic carbocycles. The van der Waals surface area contributed by atoms with Crippen molar-refractivity contribution in [2.24, 2.45) is 0 Å². The third kappa shape index (κ3) is 3.78. The number of pyridine rings is 1. The zero-order valence-corrected chi connectivity index (χ0v) is 15.6. The van der Waals surface area contributed by atoms with Gasteiger partial charge in [0.15, 0.2) is 5.58 Å². The highest BCUT2D eigenvalue weighted by atomic mass is 28.3. The lowest BCUT2D eigenvalue weighted by molar-refractivity contribution is 0.415. The maximum atomic E-state index is 12.6. The van der Waals surface area contributed by atoms with Crippen LogP contribution in [0.1, 0.15) is 5.56 Å². The average molecular weight is 350 g/mol. The van der Waals surface area contributed by atoms with E-state index in [0.29, 0.717) is 22.1 Å². The van der Waals surface area contributed by atoms with Crippen molar-refractivity contribution in [3.05, 3.63) is 52.6 Å². The highest BCUT2D eigenvalue weighted by Gasteiger charge is 2.13. The van der Waals surface area contributed by atoms with E-state index < -0.39 is 8.07 Å². The Kier molecular flexibility index (Phi) is 4.42. The molecule has 0 aliphatic rings. The van der Waals surface area contributed by atoms with Crippen molar-refractivity contribution in [3.8, 4) is 28.7 Å². The van der Waals surface area contributed by atoms with Crippen LogP contribution in [0.2, 0.25) is 19.6 Å². The minimum Gasteiger partial charge on any atom is -0.497 e. The molecule has 0 saturated heterocycles. The van der Waals surface area contributed by atoms with Gasteiger partial charge in [0.1, 0.15) is 19.2 Å². The summed E-state index contributed by atoms with van der Waals surface area (Å²) >= 11 is 0. The first-order chi connectivity index (χ1) is 11.9. The molecule has 0 saturated carbocycles. The Balaban J connectivity index is 2.14. The Labute approximate surface area is 146 Å². The topological polar surface area (TPSA) is 65.2 Å². The predicted molar refractivity (Wildman–Crippen MR) is 100 cm³/mol. The van der Waals surface area contributed by atoms with Gasteiger partial charge in [-0.05, 0) is 24.3 Å². The van der Waals surface area contributed by atoms with E-state index in [2.05, 4.69) is 41.1 Å². The summed E-state index contributed by atoms with van der Waals surface area (Å²) in [5.74, 6) is 4.04. The summed E-state index contributed by atoms with van der Waals surface area (Å²) in [5.41, 5.74) is 4.51. The van der Waals surface area contributed by atoms with Crippen LogP contribution in [0.15, 0.2) is 45.9 Å². The molecule has 0 spiro atoms. The van der Waals surface area contributed by atoms with Gasteiger partial charge in [-0.15, -0.1) is 5.54 Å². The van der Waals surface area contributed by atoms with Gasteiger partial charge < -0.3 is 9.15 Å². The number of benzene rings is 1. The van der Waals surface area contributed by atoms with E-state index in [1.165, 1.54) is 6.20 Å². The standard InChI is InChI=1S/C19H18N2O3Si/c1-23-15-7-5-13(6-8-15)19-21-18(22)17-14(9-10-25(2,3)4)11-20-12-16(17)24-19/h5-8,11-12H,1-4H3. The summed E-state index contributed by atoms with van der Waals surface area (Å²) in [6.45, 7) is 6.42. The Hall–Kier alpha value is -2.91. The van der Waals surface area contributed by atoms with Gasteiger partial charge in [-0.2, -0.15) is 4.98 Å². The molecule has 2 heterocycles. The molecule has 0 N–H and O–H groups in total. The minimum atomic E-state index is -1.57. The van der Waals surface area contributed by atoms with Crippen LogP contribution in [0, 0.1) is 11.5 Å². The largest absolute Gasteiger partial charge is 0.497 e. The molecule has 6 heteroatoms. The number of nitrogens with zero attached hydrogens (tertiary/aromatic N) is 2. The van der Waals surface area contributed by atoms with Crippen molar-refractivity contribution < 1.29 is 9.15 Å². The van der Waals surface area contributed by atoms with Crippen LogP contribution in [-0.2, 0) is 0 Å². The van der Waals surface area contributed by atoms with Crippen molar-refractivity contribution in [2.45, 2.75) is 19.6 Å². The highest BCUT2D eigenvalue weighted by molar-refractivity contribution is 6.83. The number of fused-ring (bicyclic) bond motifs is 1. The van der Waals surface area contributed by atoms with Crippen LogP contribution in [0.25, 0.3) is 22.4 Å². The van der Waals surface area contributed by atoms with Gasteiger partial charge in [0.25, 0.3) is 5.56 Å². The highest BCUT2D eigenvalue weighted by Crippen LogP contribution is 2.23. The van der Waals surface area contributed by atoms with Crippen molar-refractivity contribution in [3.63, 3.8) is 0 Å². The molecule has 2 aromatic heterocycles. The SMILES string of the molecule is COc1ccc(-c2nc(=O)c3c(C#C[Si](C)(C)C)cncc3o2)cc1. The molecule has 0 aliphatic carbocycles. The fourth-order valence-electron chi connectivity index (χ4n) is 2.22. The van der Waals surface area contributed by atoms with E-state index in [1.807, 2.05) is 0 Å². The fraction of sp³-hybridized carbons (Fsp3) is 0.211. The molecular weight excluding hydrogens is 332 g/mol. The maximum Gasteiger partial charge on any atom is 0.285 e. The monoisotopic (exact) mass is 350 g/mol. The second-order valence-electron chi connectivity index (χ2n) is 6.61. The Morgan fingerprint density at radius 1 is 1.12 bits per heavy atom. The van der Waals surface area contributed by atoms with E-state index in [9.17, 15) is 4.79 Å². The lowest BCUT2D eigenvalue weighted by Gasteiger charge is -2.05. The maximum absolute atomic E-state index is 12.6. The van der Waals surface area contributed by atoms with E-state index in [0.717, 1.165) is 5.75 Å². The van der Waals surface area contributed by atoms with Gasteiger partial charge in [0, 0.05) is 11.8 Å². The summed E-state index contributed by atoms with van der Waals surface area (Å²) < 4.78 is 10.9. The van der Waals surface area contributed by atoms with Gasteiger partial charge in [0.2, 0.25) is 5.89 Å². The molecule has 25 heavy (non-hydrogen) atoms. The van der Waals surface area contributed by atoms with Crippen molar-refractivity contribution in [1.82, 2.24) is 9.97 Å². The van der Waals surface area contributed by atoms with Crippen molar-refractivity contribution in [1.29, 1.82) is 0 Å². The number of hydrogen-bond donors (Lipinski definition) is 0. The molecule has 0 aliphatic heterocycles. The molecule has 0 amide bonds. The predicted octanol–water partition coefficient (Wildman–Crippen LogP) is 3.49. The summed E-state index contributed by atoms with van der Waals surface area (Å²) in [7, 11) is 0.0241. The molecule has 3 aromatic rings. The first-order valence-corrected chi connectivity index (χ1v) is 11.3. The molecule has 126 valence electrons. The van der Waals surface area contributed by atoms with Crippen molar-refractivity contribution >= 4 is 19.0 Å². The van der Waals surface area contributed by atoms with Gasteiger partial charge in [-0.3, -0.25) is 9.78 Å². The zero-order chi connectivity index (χ0) is 18.0. The second-order valence-corrected chi connectivity index (χ2v) is 11.4. The first kappa shape index (κ1) is 16.9. The zero-order valence-electron chi connectivity index (χ0n) is 14.6. The molecule has 0 radical (unpaired) electrons. The van der Waals surface area contributed by atoms with Gasteiger partial charge in [-0.1, -0.05) is 25.6 Å². The Morgan fingerprint density at radius 3 is 2.48 bits per heavy atom. The molecule has 3 rings (SSSR count). The van der Waals surface area contributed by atoms with E-state index >= 15 is 0 Å². The van der Waals surface area contributed by atoms with Gasteiger partial charge >= 0.3 is 0 Å². The molecule has 0 unspecified atom stereocenters. The fourth-order valence-corrected chi connectivity index (χ4v) is 2.73. The summed E-state index contributed by atoms with van der Waals surface area (Å²) in [6, 6.07) is 7.15. The second kappa shape index (κ2) is 6.53. The molecule has 0 fully saturated rings. The van der Waals surface area contributed by atoms with Crippen molar-refractivity contribution in [2.75, 3.05) is 7.11 Å². The number of aromatic nitrogens is 2. The summed E-state index contributed by atoms with van der Waals surface area (Å²) in [6.07, 6.45) is 3.10. The minimum absolute atomic E-state index is 0.247. The lowest BCUT2D eigenvalue weighted by Crippen LogP contribution is -2.16.